The summed E-state index contributed by atoms with van der Waals surface area (Å²) in [5.74, 6) is 0.158. The molecule has 4 rings (SSSR count). The molecule has 1 amide bonds. The highest BCUT2D eigenvalue weighted by molar-refractivity contribution is 7.92. The molecule has 11 heteroatoms. The van der Waals surface area contributed by atoms with Crippen LogP contribution in [0.4, 0.5) is 17.2 Å². The number of rotatable bonds is 7. The van der Waals surface area contributed by atoms with Crippen LogP contribution in [-0.2, 0) is 14.8 Å². The fourth-order valence-corrected chi connectivity index (χ4v) is 4.90. The Hall–Kier alpha value is -3.86. The highest BCUT2D eigenvalue weighted by Crippen LogP contribution is 2.31. The molecule has 3 N–H and O–H groups in total. The molecule has 0 aliphatic carbocycles. The molecule has 0 radical (unpaired) electrons. The molecule has 1 unspecified atom stereocenters. The first-order valence-corrected chi connectivity index (χ1v) is 12.2. The van der Waals surface area contributed by atoms with Crippen molar-refractivity contribution in [3.63, 3.8) is 0 Å². The topological polar surface area (TPSA) is 134 Å². The third-order valence-corrected chi connectivity index (χ3v) is 6.92. The van der Waals surface area contributed by atoms with Gasteiger partial charge in [-0.2, -0.15) is 0 Å². The number of carbonyl (C=O) groups is 1. The lowest BCUT2D eigenvalue weighted by Crippen LogP contribution is -2.41. The number of carbonyl (C=O) groups excluding carboxylic acids is 1. The van der Waals surface area contributed by atoms with E-state index in [4.69, 9.17) is 4.74 Å². The van der Waals surface area contributed by atoms with Crippen molar-refractivity contribution in [2.24, 2.45) is 5.92 Å². The molecule has 0 saturated carbocycles. The van der Waals surface area contributed by atoms with Gasteiger partial charge in [0.05, 0.1) is 35.5 Å². The zero-order valence-corrected chi connectivity index (χ0v) is 19.3. The second-order valence-electron chi connectivity index (χ2n) is 7.82. The number of ether oxygens (including phenoxy) is 1. The Balaban J connectivity index is 1.50. The zero-order chi connectivity index (χ0) is 24.1. The van der Waals surface area contributed by atoms with Crippen LogP contribution < -0.4 is 19.7 Å². The number of sulfonamides is 1. The number of phenolic OH excluding ortho intramolecular Hbond substituents is 1. The number of hydrogen-bond donors (Lipinski definition) is 3. The van der Waals surface area contributed by atoms with E-state index in [9.17, 15) is 18.3 Å². The lowest BCUT2D eigenvalue weighted by Gasteiger charge is -2.32. The molecule has 178 valence electrons. The zero-order valence-electron chi connectivity index (χ0n) is 18.5. The molecule has 1 aliphatic heterocycles. The first-order valence-electron chi connectivity index (χ1n) is 10.7. The number of benzene rings is 2. The number of aromatic hydroxyl groups is 1. The highest BCUT2D eigenvalue weighted by Gasteiger charge is 2.28. The van der Waals surface area contributed by atoms with Crippen LogP contribution in [0.3, 0.4) is 0 Å². The van der Waals surface area contributed by atoms with E-state index in [0.29, 0.717) is 24.5 Å². The molecule has 0 spiro atoms. The van der Waals surface area contributed by atoms with E-state index in [2.05, 4.69) is 20.0 Å². The Bertz CT molecular complexity index is 1270. The van der Waals surface area contributed by atoms with Crippen molar-refractivity contribution in [3.8, 4) is 11.5 Å². The van der Waals surface area contributed by atoms with Gasteiger partial charge in [0.1, 0.15) is 17.3 Å². The predicted octanol–water partition coefficient (Wildman–Crippen LogP) is 2.85. The number of aromatic nitrogens is 2. The van der Waals surface area contributed by atoms with Crippen LogP contribution in [0.1, 0.15) is 12.8 Å². The summed E-state index contributed by atoms with van der Waals surface area (Å²) in [6.07, 6.45) is 6.29. The number of anilines is 3. The summed E-state index contributed by atoms with van der Waals surface area (Å²) in [6.45, 7) is 1.20. The average Bonchev–Trinajstić information content (AvgIpc) is 2.86. The molecule has 1 fully saturated rings. The van der Waals surface area contributed by atoms with E-state index in [1.54, 1.807) is 42.9 Å². The van der Waals surface area contributed by atoms with Crippen molar-refractivity contribution >= 4 is 33.1 Å². The van der Waals surface area contributed by atoms with Crippen molar-refractivity contribution in [1.82, 2.24) is 9.97 Å². The minimum atomic E-state index is -4.01. The maximum absolute atomic E-state index is 13.0. The SMILES string of the molecule is COc1ccccc1NS(=O)(=O)c1ccc(O)c(NC(=O)C2CCCN(c3cnccn3)C2)c1. The molecule has 2 heterocycles. The molecule has 0 bridgehead atoms. The number of nitrogens with one attached hydrogen (secondary N) is 2. The van der Waals surface area contributed by atoms with Gasteiger partial charge in [-0.15, -0.1) is 0 Å². The van der Waals surface area contributed by atoms with Gasteiger partial charge >= 0.3 is 0 Å². The maximum Gasteiger partial charge on any atom is 0.262 e. The molecule has 10 nitrogen and oxygen atoms in total. The van der Waals surface area contributed by atoms with Crippen molar-refractivity contribution in [2.75, 3.05) is 35.1 Å². The van der Waals surface area contributed by atoms with Gasteiger partial charge < -0.3 is 20.1 Å². The van der Waals surface area contributed by atoms with E-state index in [0.717, 1.165) is 13.0 Å². The summed E-state index contributed by atoms with van der Waals surface area (Å²) in [4.78, 5) is 23.2. The van der Waals surface area contributed by atoms with E-state index in [-0.39, 0.29) is 33.8 Å². The normalized spacial score (nSPS) is 16.0. The Kier molecular flexibility index (Phi) is 6.82. The largest absolute Gasteiger partial charge is 0.506 e. The van der Waals surface area contributed by atoms with Gasteiger partial charge in [-0.25, -0.2) is 13.4 Å². The van der Waals surface area contributed by atoms with Crippen LogP contribution in [0.2, 0.25) is 0 Å². The van der Waals surface area contributed by atoms with Crippen molar-refractivity contribution < 1.29 is 23.1 Å². The Morgan fingerprint density at radius 1 is 1.18 bits per heavy atom. The minimum Gasteiger partial charge on any atom is -0.506 e. The Labute approximate surface area is 197 Å². The Morgan fingerprint density at radius 3 is 2.76 bits per heavy atom. The average molecular weight is 484 g/mol. The fraction of sp³-hybridized carbons (Fsp3) is 0.261. The van der Waals surface area contributed by atoms with Gasteiger partial charge in [0.15, 0.2) is 0 Å². The molecule has 1 atom stereocenters. The number of nitrogens with zero attached hydrogens (tertiary/aromatic N) is 3. The molecule has 3 aromatic rings. The molecular weight excluding hydrogens is 458 g/mol. The number of para-hydroxylation sites is 2. The molecule has 1 saturated heterocycles. The summed E-state index contributed by atoms with van der Waals surface area (Å²) in [7, 11) is -2.56. The van der Waals surface area contributed by atoms with Crippen LogP contribution >= 0.6 is 0 Å². The third-order valence-electron chi connectivity index (χ3n) is 5.55. The summed E-state index contributed by atoms with van der Waals surface area (Å²) >= 11 is 0. The highest BCUT2D eigenvalue weighted by atomic mass is 32.2. The first kappa shape index (κ1) is 23.3. The lowest BCUT2D eigenvalue weighted by molar-refractivity contribution is -0.120. The van der Waals surface area contributed by atoms with Crippen molar-refractivity contribution in [2.45, 2.75) is 17.7 Å². The van der Waals surface area contributed by atoms with E-state index >= 15 is 0 Å². The van der Waals surface area contributed by atoms with Crippen LogP contribution in [0.5, 0.6) is 11.5 Å². The second-order valence-corrected chi connectivity index (χ2v) is 9.51. The quantitative estimate of drug-likeness (QED) is 0.437. The maximum atomic E-state index is 13.0. The van der Waals surface area contributed by atoms with Gasteiger partial charge in [-0.3, -0.25) is 14.5 Å². The number of hydrogen-bond acceptors (Lipinski definition) is 8. The number of amides is 1. The van der Waals surface area contributed by atoms with Crippen LogP contribution in [-0.4, -0.2) is 49.6 Å². The van der Waals surface area contributed by atoms with Crippen molar-refractivity contribution in [3.05, 3.63) is 61.1 Å². The van der Waals surface area contributed by atoms with Crippen LogP contribution in [0.25, 0.3) is 0 Å². The third kappa shape index (κ3) is 5.20. The van der Waals surface area contributed by atoms with Gasteiger partial charge in [0.25, 0.3) is 10.0 Å². The van der Waals surface area contributed by atoms with Gasteiger partial charge in [0.2, 0.25) is 5.91 Å². The number of piperidine rings is 1. The smallest absolute Gasteiger partial charge is 0.262 e. The van der Waals surface area contributed by atoms with Gasteiger partial charge in [0, 0.05) is 25.5 Å². The summed E-state index contributed by atoms with van der Waals surface area (Å²) in [5.41, 5.74) is 0.291. The summed E-state index contributed by atoms with van der Waals surface area (Å²) < 4.78 is 33.5. The molecule has 1 aromatic heterocycles. The van der Waals surface area contributed by atoms with Crippen molar-refractivity contribution in [1.29, 1.82) is 0 Å². The molecule has 2 aromatic carbocycles. The van der Waals surface area contributed by atoms with E-state index in [1.807, 2.05) is 4.90 Å². The molecular formula is C23H25N5O5S. The first-order chi connectivity index (χ1) is 16.4. The molecule has 1 aliphatic rings. The molecule has 34 heavy (non-hydrogen) atoms. The Morgan fingerprint density at radius 2 is 2.00 bits per heavy atom. The van der Waals surface area contributed by atoms with Crippen LogP contribution in [0, 0.1) is 5.92 Å². The summed E-state index contributed by atoms with van der Waals surface area (Å²) in [5, 5.41) is 13.0. The fourth-order valence-electron chi connectivity index (χ4n) is 3.80. The number of methoxy groups -OCH3 is 1. The van der Waals surface area contributed by atoms with Gasteiger partial charge in [-0.05, 0) is 43.2 Å². The lowest BCUT2D eigenvalue weighted by atomic mass is 9.97. The van der Waals surface area contributed by atoms with Crippen LogP contribution in [0.15, 0.2) is 66.0 Å². The number of phenols is 1. The minimum absolute atomic E-state index is 0.0181. The second kappa shape index (κ2) is 9.96. The van der Waals surface area contributed by atoms with Gasteiger partial charge in [-0.1, -0.05) is 12.1 Å². The summed E-state index contributed by atoms with van der Waals surface area (Å²) in [6, 6.07) is 10.3. The monoisotopic (exact) mass is 483 g/mol. The predicted molar refractivity (Wildman–Crippen MR) is 128 cm³/mol. The standard InChI is InChI=1S/C23H25N5O5S/c1-33-21-7-3-2-6-18(21)27-34(31,32)17-8-9-20(29)19(13-17)26-23(30)16-5-4-12-28(15-16)22-14-24-10-11-25-22/h2-3,6-11,13-14,16,27,29H,4-5,12,15H2,1H3,(H,26,30). The van der Waals surface area contributed by atoms with E-state index in [1.165, 1.54) is 25.3 Å². The van der Waals surface area contributed by atoms with E-state index < -0.39 is 10.0 Å².